The maximum absolute atomic E-state index is 14.1. The molecule has 1 atom stereocenters. The fraction of sp³-hybridized carbons (Fsp3) is 0.348. The van der Waals surface area contributed by atoms with Crippen molar-refractivity contribution in [2.75, 3.05) is 38.1 Å². The van der Waals surface area contributed by atoms with Gasteiger partial charge >= 0.3 is 0 Å². The molecule has 2 aliphatic rings. The fourth-order valence-electron chi connectivity index (χ4n) is 4.41. The van der Waals surface area contributed by atoms with E-state index in [1.165, 1.54) is 31.3 Å². The van der Waals surface area contributed by atoms with Crippen LogP contribution >= 0.6 is 0 Å². The number of anilines is 1. The lowest BCUT2D eigenvalue weighted by Crippen LogP contribution is -2.51. The molecule has 6 nitrogen and oxygen atoms in total. The third-order valence-electron chi connectivity index (χ3n) is 6.20. The molecule has 0 N–H and O–H groups in total. The highest BCUT2D eigenvalue weighted by Gasteiger charge is 2.53. The van der Waals surface area contributed by atoms with Crippen molar-refractivity contribution in [1.82, 2.24) is 9.80 Å². The second kappa shape index (κ2) is 8.09. The quantitative estimate of drug-likeness (QED) is 0.703. The molecular formula is C23H23F2N3O3. The number of halogens is 2. The minimum atomic E-state index is -1.41. The zero-order valence-electron chi connectivity index (χ0n) is 17.2. The van der Waals surface area contributed by atoms with Gasteiger partial charge in [-0.3, -0.25) is 19.3 Å². The number of rotatable bonds is 4. The molecule has 0 radical (unpaired) electrons. The van der Waals surface area contributed by atoms with Crippen molar-refractivity contribution >= 4 is 23.4 Å². The predicted molar refractivity (Wildman–Crippen MR) is 110 cm³/mol. The lowest BCUT2D eigenvalue weighted by molar-refractivity contribution is -0.141. The van der Waals surface area contributed by atoms with Gasteiger partial charge in [0.1, 0.15) is 11.6 Å². The number of likely N-dealkylation sites (tertiary alicyclic amines) is 1. The van der Waals surface area contributed by atoms with Crippen LogP contribution in [0, 0.1) is 11.6 Å². The van der Waals surface area contributed by atoms with Crippen LogP contribution in [0.1, 0.15) is 18.4 Å². The highest BCUT2D eigenvalue weighted by Crippen LogP contribution is 2.40. The van der Waals surface area contributed by atoms with E-state index in [1.54, 1.807) is 29.2 Å². The number of likely N-dealkylation sites (N-methyl/N-ethyl adjacent to an activating group) is 1. The van der Waals surface area contributed by atoms with E-state index in [0.29, 0.717) is 37.4 Å². The maximum atomic E-state index is 14.1. The largest absolute Gasteiger partial charge is 0.366 e. The van der Waals surface area contributed by atoms with Gasteiger partial charge < -0.3 is 9.80 Å². The molecule has 2 saturated heterocycles. The number of amides is 3. The van der Waals surface area contributed by atoms with E-state index in [-0.39, 0.29) is 24.6 Å². The number of nitrogens with zero attached hydrogens (tertiary/aromatic N) is 3. The van der Waals surface area contributed by atoms with Gasteiger partial charge in [-0.25, -0.2) is 8.78 Å². The number of hydrogen-bond donors (Lipinski definition) is 0. The first kappa shape index (κ1) is 21.0. The van der Waals surface area contributed by atoms with E-state index >= 15 is 0 Å². The molecule has 2 heterocycles. The summed E-state index contributed by atoms with van der Waals surface area (Å²) in [6.07, 6.45) is -0.391. The highest BCUT2D eigenvalue weighted by molar-refractivity contribution is 6.10. The molecule has 4 rings (SSSR count). The molecule has 2 fully saturated rings. The van der Waals surface area contributed by atoms with Gasteiger partial charge in [-0.05, 0) is 29.8 Å². The topological polar surface area (TPSA) is 60.9 Å². The van der Waals surface area contributed by atoms with Crippen molar-refractivity contribution < 1.29 is 23.2 Å². The van der Waals surface area contributed by atoms with E-state index < -0.39 is 23.0 Å². The number of benzene rings is 2. The molecule has 2 aliphatic heterocycles. The number of imide groups is 1. The number of carbonyl (C=O) groups is 3. The van der Waals surface area contributed by atoms with E-state index in [2.05, 4.69) is 0 Å². The second-order valence-electron chi connectivity index (χ2n) is 8.02. The first-order valence-corrected chi connectivity index (χ1v) is 10.2. The van der Waals surface area contributed by atoms with Crippen molar-refractivity contribution in [1.29, 1.82) is 0 Å². The number of para-hydroxylation sites is 1. The van der Waals surface area contributed by atoms with Crippen LogP contribution in [0.5, 0.6) is 0 Å². The van der Waals surface area contributed by atoms with E-state index in [4.69, 9.17) is 0 Å². The van der Waals surface area contributed by atoms with Gasteiger partial charge in [0.15, 0.2) is 0 Å². The lowest BCUT2D eigenvalue weighted by Gasteiger charge is -2.37. The minimum absolute atomic E-state index is 0.174. The van der Waals surface area contributed by atoms with E-state index in [1.807, 2.05) is 4.90 Å². The molecule has 0 aromatic heterocycles. The van der Waals surface area contributed by atoms with E-state index in [0.717, 1.165) is 4.90 Å². The maximum Gasteiger partial charge on any atom is 0.240 e. The van der Waals surface area contributed by atoms with Gasteiger partial charge in [0.2, 0.25) is 17.7 Å². The van der Waals surface area contributed by atoms with E-state index in [9.17, 15) is 23.2 Å². The molecule has 0 aliphatic carbocycles. The van der Waals surface area contributed by atoms with Gasteiger partial charge in [0.05, 0.1) is 11.1 Å². The molecule has 31 heavy (non-hydrogen) atoms. The summed E-state index contributed by atoms with van der Waals surface area (Å²) in [4.78, 5) is 42.9. The zero-order valence-corrected chi connectivity index (χ0v) is 17.2. The number of piperazine rings is 1. The summed E-state index contributed by atoms with van der Waals surface area (Å²) < 4.78 is 28.0. The molecule has 162 valence electrons. The van der Waals surface area contributed by atoms with Crippen LogP contribution in [0.3, 0.4) is 0 Å². The first-order chi connectivity index (χ1) is 14.8. The smallest absolute Gasteiger partial charge is 0.240 e. The van der Waals surface area contributed by atoms with Crippen molar-refractivity contribution in [3.8, 4) is 0 Å². The Bertz CT molecular complexity index is 1040. The Morgan fingerprint density at radius 2 is 1.71 bits per heavy atom. The van der Waals surface area contributed by atoms with Gasteiger partial charge in [-0.1, -0.05) is 24.3 Å². The summed E-state index contributed by atoms with van der Waals surface area (Å²) in [5.74, 6) is -2.02. The minimum Gasteiger partial charge on any atom is -0.366 e. The standard InChI is InChI=1S/C23H23F2N3O3/c1-26-20(29)14-23(22(26)31,16-5-4-6-17(24)13-16)15-21(30)28-11-9-27(10-12-28)19-8-3-2-7-18(19)25/h2-8,13H,9-12,14-15H2,1H3. The van der Waals surface area contributed by atoms with Crippen molar-refractivity contribution in [2.45, 2.75) is 18.3 Å². The van der Waals surface area contributed by atoms with Crippen LogP contribution in [0.2, 0.25) is 0 Å². The second-order valence-corrected chi connectivity index (χ2v) is 8.02. The monoisotopic (exact) mass is 427 g/mol. The van der Waals surface area contributed by atoms with Crippen LogP contribution in [0.25, 0.3) is 0 Å². The van der Waals surface area contributed by atoms with Crippen LogP contribution < -0.4 is 4.90 Å². The molecule has 0 saturated carbocycles. The third-order valence-corrected chi connectivity index (χ3v) is 6.20. The molecule has 0 bridgehead atoms. The molecule has 2 aromatic rings. The van der Waals surface area contributed by atoms with Crippen molar-refractivity contribution in [3.05, 3.63) is 65.7 Å². The van der Waals surface area contributed by atoms with Crippen LogP contribution in [-0.2, 0) is 19.8 Å². The predicted octanol–water partition coefficient (Wildman–Crippen LogP) is 2.33. The van der Waals surface area contributed by atoms with Crippen LogP contribution in [0.15, 0.2) is 48.5 Å². The lowest BCUT2D eigenvalue weighted by atomic mass is 9.75. The Morgan fingerprint density at radius 1 is 1.00 bits per heavy atom. The highest BCUT2D eigenvalue weighted by atomic mass is 19.1. The van der Waals surface area contributed by atoms with Crippen molar-refractivity contribution in [3.63, 3.8) is 0 Å². The normalized spacial score (nSPS) is 21.7. The fourth-order valence-corrected chi connectivity index (χ4v) is 4.41. The van der Waals surface area contributed by atoms with Crippen LogP contribution in [-0.4, -0.2) is 60.7 Å². The average Bonchev–Trinajstić information content (AvgIpc) is 2.98. The molecule has 0 spiro atoms. The van der Waals surface area contributed by atoms with Gasteiger partial charge in [0.25, 0.3) is 0 Å². The SMILES string of the molecule is CN1C(=O)CC(CC(=O)N2CCN(c3ccccc3F)CC2)(c2cccc(F)c2)C1=O. The Morgan fingerprint density at radius 3 is 2.32 bits per heavy atom. The molecular weight excluding hydrogens is 404 g/mol. The number of carbonyl (C=O) groups excluding carboxylic acids is 3. The summed E-state index contributed by atoms with van der Waals surface area (Å²) in [7, 11) is 1.38. The van der Waals surface area contributed by atoms with Gasteiger partial charge in [-0.15, -0.1) is 0 Å². The average molecular weight is 427 g/mol. The Hall–Kier alpha value is -3.29. The summed E-state index contributed by atoms with van der Waals surface area (Å²) in [5.41, 5.74) is -0.592. The summed E-state index contributed by atoms with van der Waals surface area (Å²) in [5, 5.41) is 0. The Labute approximate surface area is 179 Å². The summed E-state index contributed by atoms with van der Waals surface area (Å²) in [6.45, 7) is 1.63. The molecule has 2 aromatic carbocycles. The summed E-state index contributed by atoms with van der Waals surface area (Å²) in [6, 6.07) is 12.0. The van der Waals surface area contributed by atoms with Gasteiger partial charge in [0, 0.05) is 46.1 Å². The summed E-state index contributed by atoms with van der Waals surface area (Å²) >= 11 is 0. The Kier molecular flexibility index (Phi) is 5.47. The van der Waals surface area contributed by atoms with Gasteiger partial charge in [-0.2, -0.15) is 0 Å². The molecule has 3 amide bonds. The molecule has 1 unspecified atom stereocenters. The Balaban J connectivity index is 1.52. The zero-order chi connectivity index (χ0) is 22.2. The third kappa shape index (κ3) is 3.78. The first-order valence-electron chi connectivity index (χ1n) is 10.2. The number of hydrogen-bond acceptors (Lipinski definition) is 4. The van der Waals surface area contributed by atoms with Crippen molar-refractivity contribution in [2.24, 2.45) is 0 Å². The van der Waals surface area contributed by atoms with Crippen LogP contribution in [0.4, 0.5) is 14.5 Å². The molecule has 8 heteroatoms.